The van der Waals surface area contributed by atoms with Gasteiger partial charge >= 0.3 is 6.03 Å². The number of sulfone groups is 1. The van der Waals surface area contributed by atoms with Crippen LogP contribution in [0.2, 0.25) is 0 Å². The van der Waals surface area contributed by atoms with Crippen LogP contribution < -0.4 is 5.32 Å². The Kier molecular flexibility index (Phi) is 3.82. The Balaban J connectivity index is 1.48. The molecule has 8 nitrogen and oxygen atoms in total. The zero-order valence-electron chi connectivity index (χ0n) is 14.1. The van der Waals surface area contributed by atoms with Crippen LogP contribution in [0.15, 0.2) is 0 Å². The Bertz CT molecular complexity index is 724. The molecule has 2 aliphatic heterocycles. The fraction of sp³-hybridized carbons (Fsp3) is 0.812. The van der Waals surface area contributed by atoms with Gasteiger partial charge in [0, 0.05) is 12.1 Å². The highest BCUT2D eigenvalue weighted by Gasteiger charge is 2.53. The SMILES string of the molecule is O=C1NC2(CCCC2)C(=O)N1CC(=O)N(C1CC1)[C@H]1CCS(=O)(=O)C1. The van der Waals surface area contributed by atoms with Gasteiger partial charge < -0.3 is 10.2 Å². The summed E-state index contributed by atoms with van der Waals surface area (Å²) in [5.74, 6) is -0.541. The maximum absolute atomic E-state index is 12.8. The smallest absolute Gasteiger partial charge is 0.325 e. The van der Waals surface area contributed by atoms with Crippen LogP contribution in [0, 0.1) is 0 Å². The first-order chi connectivity index (χ1) is 11.8. The summed E-state index contributed by atoms with van der Waals surface area (Å²) in [5.41, 5.74) is -0.821. The van der Waals surface area contributed by atoms with Gasteiger partial charge in [0.1, 0.15) is 12.1 Å². The first kappa shape index (κ1) is 16.8. The van der Waals surface area contributed by atoms with Gasteiger partial charge in [-0.1, -0.05) is 12.8 Å². The first-order valence-electron chi connectivity index (χ1n) is 8.97. The molecule has 2 aliphatic carbocycles. The highest BCUT2D eigenvalue weighted by atomic mass is 32.2. The molecule has 0 bridgehead atoms. The Hall–Kier alpha value is -1.64. The van der Waals surface area contributed by atoms with E-state index in [9.17, 15) is 22.8 Å². The molecule has 4 amide bonds. The number of imide groups is 1. The number of hydrogen-bond acceptors (Lipinski definition) is 5. The monoisotopic (exact) mass is 369 g/mol. The van der Waals surface area contributed by atoms with Gasteiger partial charge in [-0.3, -0.25) is 14.5 Å². The highest BCUT2D eigenvalue weighted by molar-refractivity contribution is 7.91. The molecule has 9 heteroatoms. The molecular formula is C16H23N3O5S. The van der Waals surface area contributed by atoms with Crippen molar-refractivity contribution < 1.29 is 22.8 Å². The van der Waals surface area contributed by atoms with Gasteiger partial charge in [0.25, 0.3) is 5.91 Å². The van der Waals surface area contributed by atoms with Crippen molar-refractivity contribution in [3.8, 4) is 0 Å². The summed E-state index contributed by atoms with van der Waals surface area (Å²) >= 11 is 0. The van der Waals surface area contributed by atoms with Gasteiger partial charge in [0.05, 0.1) is 11.5 Å². The Labute approximate surface area is 146 Å². The molecule has 0 aromatic rings. The van der Waals surface area contributed by atoms with Crippen LogP contribution in [0.25, 0.3) is 0 Å². The van der Waals surface area contributed by atoms with Crippen LogP contribution in [-0.2, 0) is 19.4 Å². The normalized spacial score (nSPS) is 30.1. The molecule has 4 fully saturated rings. The third-order valence-corrected chi connectivity index (χ3v) is 7.58. The van der Waals surface area contributed by atoms with Crippen molar-refractivity contribution in [3.05, 3.63) is 0 Å². The lowest BCUT2D eigenvalue weighted by molar-refractivity contribution is -0.140. The van der Waals surface area contributed by atoms with E-state index >= 15 is 0 Å². The first-order valence-corrected chi connectivity index (χ1v) is 10.8. The summed E-state index contributed by atoms with van der Waals surface area (Å²) in [4.78, 5) is 40.4. The summed E-state index contributed by atoms with van der Waals surface area (Å²) < 4.78 is 23.5. The fourth-order valence-corrected chi connectivity index (χ4v) is 6.12. The average molecular weight is 369 g/mol. The zero-order valence-corrected chi connectivity index (χ0v) is 14.9. The van der Waals surface area contributed by atoms with Gasteiger partial charge in [0.15, 0.2) is 9.84 Å². The lowest BCUT2D eigenvalue weighted by Gasteiger charge is -2.29. The van der Waals surface area contributed by atoms with Crippen molar-refractivity contribution in [1.82, 2.24) is 15.1 Å². The molecule has 0 aromatic heterocycles. The van der Waals surface area contributed by atoms with E-state index in [1.165, 1.54) is 0 Å². The molecule has 1 N–H and O–H groups in total. The van der Waals surface area contributed by atoms with Crippen LogP contribution in [0.4, 0.5) is 4.79 Å². The summed E-state index contributed by atoms with van der Waals surface area (Å²) in [5, 5.41) is 2.77. The van der Waals surface area contributed by atoms with Gasteiger partial charge in [-0.2, -0.15) is 0 Å². The molecule has 1 atom stereocenters. The van der Waals surface area contributed by atoms with Crippen LogP contribution in [0.5, 0.6) is 0 Å². The van der Waals surface area contributed by atoms with E-state index in [1.807, 2.05) is 0 Å². The van der Waals surface area contributed by atoms with E-state index in [1.54, 1.807) is 4.90 Å². The number of rotatable bonds is 4. The second kappa shape index (κ2) is 5.69. The molecule has 4 rings (SSSR count). The number of hydrogen-bond donors (Lipinski definition) is 1. The minimum atomic E-state index is -3.10. The second-order valence-corrected chi connectivity index (χ2v) is 9.93. The van der Waals surface area contributed by atoms with E-state index < -0.39 is 21.4 Å². The summed E-state index contributed by atoms with van der Waals surface area (Å²) in [6.07, 6.45) is 5.17. The van der Waals surface area contributed by atoms with Crippen molar-refractivity contribution >= 4 is 27.7 Å². The summed E-state index contributed by atoms with van der Waals surface area (Å²) in [6.45, 7) is -0.292. The Morgan fingerprint density at radius 3 is 2.40 bits per heavy atom. The molecule has 25 heavy (non-hydrogen) atoms. The molecule has 0 unspecified atom stereocenters. The van der Waals surface area contributed by atoms with Gasteiger partial charge in [0.2, 0.25) is 5.91 Å². The molecule has 2 heterocycles. The maximum Gasteiger partial charge on any atom is 0.325 e. The standard InChI is InChI=1S/C16H23N3O5S/c20-13(19(11-3-4-11)12-5-8-25(23,24)10-12)9-18-14(21)16(17-15(18)22)6-1-2-7-16/h11-12H,1-10H2,(H,17,22)/t12-/m0/s1. The predicted octanol–water partition coefficient (Wildman–Crippen LogP) is 0.0291. The van der Waals surface area contributed by atoms with Crippen molar-refractivity contribution in [2.45, 2.75) is 62.6 Å². The number of urea groups is 1. The minimum Gasteiger partial charge on any atom is -0.334 e. The topological polar surface area (TPSA) is 104 Å². The second-order valence-electron chi connectivity index (χ2n) is 7.70. The van der Waals surface area contributed by atoms with E-state index in [2.05, 4.69) is 5.32 Å². The Morgan fingerprint density at radius 2 is 1.84 bits per heavy atom. The third-order valence-electron chi connectivity index (χ3n) is 5.83. The quantitative estimate of drug-likeness (QED) is 0.704. The fourth-order valence-electron chi connectivity index (χ4n) is 4.41. The number of amides is 4. The predicted molar refractivity (Wildman–Crippen MR) is 88.4 cm³/mol. The summed E-state index contributed by atoms with van der Waals surface area (Å²) in [6, 6.07) is -0.784. The van der Waals surface area contributed by atoms with Gasteiger partial charge in [-0.15, -0.1) is 0 Å². The van der Waals surface area contributed by atoms with Crippen molar-refractivity contribution in [2.24, 2.45) is 0 Å². The van der Waals surface area contributed by atoms with Crippen LogP contribution in [-0.4, -0.2) is 71.7 Å². The average Bonchev–Trinajstić information content (AvgIpc) is 3.07. The molecule has 1 spiro atoms. The highest BCUT2D eigenvalue weighted by Crippen LogP contribution is 2.36. The molecular weight excluding hydrogens is 346 g/mol. The zero-order chi connectivity index (χ0) is 17.8. The number of nitrogens with one attached hydrogen (secondary N) is 1. The van der Waals surface area contributed by atoms with E-state index in [0.717, 1.165) is 30.6 Å². The molecule has 0 radical (unpaired) electrons. The van der Waals surface area contributed by atoms with Crippen molar-refractivity contribution in [3.63, 3.8) is 0 Å². The lowest BCUT2D eigenvalue weighted by atomic mass is 9.98. The largest absolute Gasteiger partial charge is 0.334 e. The van der Waals surface area contributed by atoms with Crippen molar-refractivity contribution in [2.75, 3.05) is 18.1 Å². The van der Waals surface area contributed by atoms with Gasteiger partial charge in [-0.05, 0) is 32.1 Å². The lowest BCUT2D eigenvalue weighted by Crippen LogP contribution is -2.49. The van der Waals surface area contributed by atoms with E-state index in [-0.39, 0.29) is 41.9 Å². The molecule has 138 valence electrons. The number of nitrogens with zero attached hydrogens (tertiary/aromatic N) is 2. The van der Waals surface area contributed by atoms with Crippen LogP contribution in [0.3, 0.4) is 0 Å². The van der Waals surface area contributed by atoms with Crippen LogP contribution >= 0.6 is 0 Å². The number of carbonyl (C=O) groups excluding carboxylic acids is 3. The third kappa shape index (κ3) is 2.92. The van der Waals surface area contributed by atoms with E-state index in [0.29, 0.717) is 19.3 Å². The van der Waals surface area contributed by atoms with Crippen LogP contribution in [0.1, 0.15) is 44.9 Å². The number of carbonyl (C=O) groups is 3. The molecule has 2 saturated heterocycles. The molecule has 4 aliphatic rings. The summed E-state index contributed by atoms with van der Waals surface area (Å²) in [7, 11) is -3.10. The molecule has 2 saturated carbocycles. The van der Waals surface area contributed by atoms with Gasteiger partial charge in [-0.25, -0.2) is 13.2 Å². The maximum atomic E-state index is 12.8. The molecule has 0 aromatic carbocycles. The Morgan fingerprint density at radius 1 is 1.16 bits per heavy atom. The van der Waals surface area contributed by atoms with E-state index in [4.69, 9.17) is 0 Å². The minimum absolute atomic E-state index is 0.0146. The van der Waals surface area contributed by atoms with Crippen molar-refractivity contribution in [1.29, 1.82) is 0 Å².